The van der Waals surface area contributed by atoms with Crippen LogP contribution in [0.25, 0.3) is 22.2 Å². The van der Waals surface area contributed by atoms with Crippen LogP contribution in [0.2, 0.25) is 5.02 Å². The molecule has 3 aromatic rings. The van der Waals surface area contributed by atoms with Crippen LogP contribution < -0.4 is 5.56 Å². The standard InChI is InChI=1S/C18H12ClN3O5/c1-2-27-18(24)16-17(23)20-14-8-7-10(22(25)26)9-12(14)15(21-16)11-5-3-4-6-13(11)19/h3-9H,2H2,1H3. The van der Waals surface area contributed by atoms with Gasteiger partial charge < -0.3 is 4.74 Å². The first kappa shape index (κ1) is 18.4. The zero-order valence-electron chi connectivity index (χ0n) is 14.0. The monoisotopic (exact) mass is 385 g/mol. The molecule has 136 valence electrons. The zero-order valence-corrected chi connectivity index (χ0v) is 14.8. The second-order valence-corrected chi connectivity index (χ2v) is 5.79. The summed E-state index contributed by atoms with van der Waals surface area (Å²) in [6.07, 6.45) is 0. The van der Waals surface area contributed by atoms with Crippen LogP contribution in [0.15, 0.2) is 47.3 Å². The molecular weight excluding hydrogens is 374 g/mol. The van der Waals surface area contributed by atoms with Gasteiger partial charge in [-0.15, -0.1) is 0 Å². The molecule has 0 unspecified atom stereocenters. The summed E-state index contributed by atoms with van der Waals surface area (Å²) in [6, 6.07) is 10.4. The number of halogens is 1. The van der Waals surface area contributed by atoms with Crippen LogP contribution >= 0.6 is 11.6 Å². The van der Waals surface area contributed by atoms with Crippen molar-refractivity contribution in [3.63, 3.8) is 0 Å². The highest BCUT2D eigenvalue weighted by molar-refractivity contribution is 6.33. The number of esters is 1. The molecular formula is C18H12ClN3O5. The zero-order chi connectivity index (χ0) is 19.6. The van der Waals surface area contributed by atoms with E-state index in [9.17, 15) is 19.7 Å². The molecule has 1 aromatic heterocycles. The van der Waals surface area contributed by atoms with E-state index in [-0.39, 0.29) is 28.9 Å². The van der Waals surface area contributed by atoms with Crippen LogP contribution in [0.3, 0.4) is 0 Å². The van der Waals surface area contributed by atoms with Gasteiger partial charge in [-0.2, -0.15) is 0 Å². The molecule has 0 amide bonds. The van der Waals surface area contributed by atoms with Crippen LogP contribution in [0.1, 0.15) is 17.4 Å². The molecule has 0 N–H and O–H groups in total. The van der Waals surface area contributed by atoms with Crippen molar-refractivity contribution in [1.29, 1.82) is 0 Å². The van der Waals surface area contributed by atoms with E-state index < -0.39 is 22.1 Å². The van der Waals surface area contributed by atoms with E-state index in [1.54, 1.807) is 31.2 Å². The summed E-state index contributed by atoms with van der Waals surface area (Å²) in [4.78, 5) is 43.2. The number of rotatable bonds is 4. The number of hydrogen-bond acceptors (Lipinski definition) is 7. The minimum absolute atomic E-state index is 0.0466. The van der Waals surface area contributed by atoms with Crippen molar-refractivity contribution in [2.75, 3.05) is 6.61 Å². The van der Waals surface area contributed by atoms with Crippen molar-refractivity contribution in [3.05, 3.63) is 73.6 Å². The maximum atomic E-state index is 12.4. The second-order valence-electron chi connectivity index (χ2n) is 5.38. The van der Waals surface area contributed by atoms with E-state index >= 15 is 0 Å². The van der Waals surface area contributed by atoms with Gasteiger partial charge in [0, 0.05) is 28.1 Å². The fourth-order valence-electron chi connectivity index (χ4n) is 2.50. The Bertz CT molecular complexity index is 1130. The number of nitro groups is 1. The predicted molar refractivity (Wildman–Crippen MR) is 98.9 cm³/mol. The normalized spacial score (nSPS) is 10.6. The van der Waals surface area contributed by atoms with Gasteiger partial charge in [0.2, 0.25) is 5.69 Å². The first-order valence-electron chi connectivity index (χ1n) is 7.85. The van der Waals surface area contributed by atoms with Crippen LogP contribution in [0, 0.1) is 10.1 Å². The third-order valence-electron chi connectivity index (χ3n) is 3.69. The Balaban J connectivity index is 2.47. The first-order valence-corrected chi connectivity index (χ1v) is 8.22. The van der Waals surface area contributed by atoms with Gasteiger partial charge in [0.15, 0.2) is 0 Å². The van der Waals surface area contributed by atoms with Crippen molar-refractivity contribution in [1.82, 2.24) is 9.97 Å². The van der Waals surface area contributed by atoms with E-state index in [0.29, 0.717) is 10.6 Å². The third-order valence-corrected chi connectivity index (χ3v) is 4.02. The molecule has 27 heavy (non-hydrogen) atoms. The summed E-state index contributed by atoms with van der Waals surface area (Å²) in [5, 5.41) is 11.7. The Morgan fingerprint density at radius 2 is 1.96 bits per heavy atom. The number of fused-ring (bicyclic) bond motifs is 1. The summed E-state index contributed by atoms with van der Waals surface area (Å²) < 4.78 is 4.88. The van der Waals surface area contributed by atoms with Crippen molar-refractivity contribution < 1.29 is 14.5 Å². The highest BCUT2D eigenvalue weighted by Crippen LogP contribution is 2.32. The maximum Gasteiger partial charge on any atom is 0.362 e. The lowest BCUT2D eigenvalue weighted by Gasteiger charge is -2.05. The summed E-state index contributed by atoms with van der Waals surface area (Å²) in [7, 11) is 0. The number of nitrogens with zero attached hydrogens (tertiary/aromatic N) is 3. The van der Waals surface area contributed by atoms with E-state index in [1.807, 2.05) is 0 Å². The topological polar surface area (TPSA) is 112 Å². The largest absolute Gasteiger partial charge is 0.461 e. The minimum Gasteiger partial charge on any atom is -0.461 e. The molecule has 0 aliphatic heterocycles. The quantitative estimate of drug-likeness (QED) is 0.384. The summed E-state index contributed by atoms with van der Waals surface area (Å²) in [5.74, 6) is -0.932. The van der Waals surface area contributed by atoms with Gasteiger partial charge in [-0.3, -0.25) is 14.9 Å². The maximum absolute atomic E-state index is 12.4. The van der Waals surface area contributed by atoms with E-state index in [1.165, 1.54) is 18.2 Å². The fourth-order valence-corrected chi connectivity index (χ4v) is 2.72. The minimum atomic E-state index is -0.932. The summed E-state index contributed by atoms with van der Waals surface area (Å²) in [5.41, 5.74) is -0.972. The lowest BCUT2D eigenvalue weighted by atomic mass is 10.1. The van der Waals surface area contributed by atoms with E-state index in [2.05, 4.69) is 9.97 Å². The average molecular weight is 386 g/mol. The SMILES string of the molecule is CCOC(=O)c1nc(-c2ccccc2Cl)c2cc([N+](=O)[O-])ccc2nc1=O. The van der Waals surface area contributed by atoms with E-state index in [0.717, 1.165) is 0 Å². The number of carbonyl (C=O) groups excluding carboxylic acids is 1. The Kier molecular flexibility index (Phi) is 5.09. The molecule has 0 aliphatic rings. The number of nitro benzene ring substituents is 1. The van der Waals surface area contributed by atoms with E-state index in [4.69, 9.17) is 16.3 Å². The van der Waals surface area contributed by atoms with Gasteiger partial charge in [0.05, 0.1) is 22.7 Å². The fraction of sp³-hybridized carbons (Fsp3) is 0.111. The molecule has 0 bridgehead atoms. The third kappa shape index (κ3) is 3.61. The van der Waals surface area contributed by atoms with Gasteiger partial charge in [-0.1, -0.05) is 29.8 Å². The Labute approximate surface area is 157 Å². The molecule has 0 fully saturated rings. The number of benzene rings is 2. The van der Waals surface area contributed by atoms with Crippen molar-refractivity contribution in [2.45, 2.75) is 6.92 Å². The Morgan fingerprint density at radius 1 is 1.22 bits per heavy atom. The lowest BCUT2D eigenvalue weighted by Crippen LogP contribution is -2.19. The summed E-state index contributed by atoms with van der Waals surface area (Å²) >= 11 is 6.25. The Hall–Kier alpha value is -3.39. The number of carbonyl (C=O) groups is 1. The van der Waals surface area contributed by atoms with Crippen LogP contribution in [0.5, 0.6) is 0 Å². The van der Waals surface area contributed by atoms with Crippen LogP contribution in [-0.2, 0) is 4.74 Å². The molecule has 0 saturated heterocycles. The smallest absolute Gasteiger partial charge is 0.362 e. The second kappa shape index (κ2) is 7.46. The lowest BCUT2D eigenvalue weighted by molar-refractivity contribution is -0.384. The highest BCUT2D eigenvalue weighted by atomic mass is 35.5. The van der Waals surface area contributed by atoms with Crippen molar-refractivity contribution in [2.24, 2.45) is 0 Å². The van der Waals surface area contributed by atoms with Gasteiger partial charge in [0.1, 0.15) is 0 Å². The average Bonchev–Trinajstić information content (AvgIpc) is 2.78. The van der Waals surface area contributed by atoms with Gasteiger partial charge in [-0.05, 0) is 19.1 Å². The number of ether oxygens (including phenoxy) is 1. The molecule has 9 heteroatoms. The molecule has 2 aromatic carbocycles. The highest BCUT2D eigenvalue weighted by Gasteiger charge is 2.20. The van der Waals surface area contributed by atoms with Gasteiger partial charge in [0.25, 0.3) is 5.69 Å². The van der Waals surface area contributed by atoms with Gasteiger partial charge in [-0.25, -0.2) is 14.8 Å². The predicted octanol–water partition coefficient (Wildman–Crippen LogP) is 3.40. The Morgan fingerprint density at radius 3 is 2.63 bits per heavy atom. The van der Waals surface area contributed by atoms with Crippen molar-refractivity contribution in [3.8, 4) is 11.3 Å². The number of hydrogen-bond donors (Lipinski definition) is 0. The number of aromatic nitrogens is 2. The molecule has 1 heterocycles. The molecule has 0 radical (unpaired) electrons. The van der Waals surface area contributed by atoms with Crippen molar-refractivity contribution >= 4 is 34.2 Å². The molecule has 0 spiro atoms. The first-order chi connectivity index (χ1) is 12.9. The summed E-state index contributed by atoms with van der Waals surface area (Å²) in [6.45, 7) is 1.64. The molecule has 0 aliphatic carbocycles. The molecule has 3 rings (SSSR count). The van der Waals surface area contributed by atoms with Gasteiger partial charge >= 0.3 is 11.5 Å². The molecule has 0 saturated carbocycles. The molecule has 8 nitrogen and oxygen atoms in total. The van der Waals surface area contributed by atoms with Crippen LogP contribution in [0.4, 0.5) is 5.69 Å². The van der Waals surface area contributed by atoms with Crippen LogP contribution in [-0.4, -0.2) is 27.5 Å². The number of non-ortho nitro benzene ring substituents is 1. The molecule has 0 atom stereocenters.